The average Bonchev–Trinajstić information content (AvgIpc) is 2.84. The summed E-state index contributed by atoms with van der Waals surface area (Å²) in [7, 11) is 3.05. The molecule has 0 saturated carbocycles. The second-order valence-corrected chi connectivity index (χ2v) is 5.76. The van der Waals surface area contributed by atoms with Crippen molar-refractivity contribution in [1.82, 2.24) is 10.2 Å². The lowest BCUT2D eigenvalue weighted by Crippen LogP contribution is -2.38. The van der Waals surface area contributed by atoms with Crippen molar-refractivity contribution in [2.24, 2.45) is 5.92 Å². The van der Waals surface area contributed by atoms with Gasteiger partial charge in [0.15, 0.2) is 6.04 Å². The highest BCUT2D eigenvalue weighted by atomic mass is 35.5. The summed E-state index contributed by atoms with van der Waals surface area (Å²) in [5, 5.41) is 12.1. The lowest BCUT2D eigenvalue weighted by atomic mass is 10.0. The first-order chi connectivity index (χ1) is 10.8. The van der Waals surface area contributed by atoms with E-state index in [0.29, 0.717) is 11.3 Å². The second kappa shape index (κ2) is 6.87. The maximum Gasteiger partial charge on any atom is 0.330 e. The standard InChI is InChI=1S/C15H17ClN2O5/c1-18-7-9(6-12(18)19)14(20)17-13(15(21)22)8-3-4-11(23-2)10(16)5-8/h3-5,9,13H,6-7H2,1-2H3,(H,17,20)(H,21,22). The summed E-state index contributed by atoms with van der Waals surface area (Å²) < 4.78 is 5.02. The second-order valence-electron chi connectivity index (χ2n) is 5.35. The topological polar surface area (TPSA) is 95.9 Å². The first-order valence-corrected chi connectivity index (χ1v) is 7.32. The average molecular weight is 341 g/mol. The van der Waals surface area contributed by atoms with Crippen LogP contribution in [-0.4, -0.2) is 48.5 Å². The van der Waals surface area contributed by atoms with Crippen LogP contribution in [0.25, 0.3) is 0 Å². The zero-order chi connectivity index (χ0) is 17.1. The normalized spacial score (nSPS) is 18.7. The van der Waals surface area contributed by atoms with Gasteiger partial charge in [0.2, 0.25) is 11.8 Å². The minimum Gasteiger partial charge on any atom is -0.495 e. The molecule has 0 aliphatic carbocycles. The van der Waals surface area contributed by atoms with Crippen molar-refractivity contribution in [3.63, 3.8) is 0 Å². The van der Waals surface area contributed by atoms with E-state index in [0.717, 1.165) is 0 Å². The largest absolute Gasteiger partial charge is 0.495 e. The summed E-state index contributed by atoms with van der Waals surface area (Å²) in [5.74, 6) is -1.96. The highest BCUT2D eigenvalue weighted by Gasteiger charge is 2.34. The van der Waals surface area contributed by atoms with Crippen LogP contribution >= 0.6 is 11.6 Å². The van der Waals surface area contributed by atoms with Gasteiger partial charge >= 0.3 is 5.97 Å². The molecule has 2 unspecified atom stereocenters. The van der Waals surface area contributed by atoms with Gasteiger partial charge in [-0.15, -0.1) is 0 Å². The molecule has 0 radical (unpaired) electrons. The van der Waals surface area contributed by atoms with E-state index in [2.05, 4.69) is 5.32 Å². The van der Waals surface area contributed by atoms with Crippen LogP contribution in [0.1, 0.15) is 18.0 Å². The highest BCUT2D eigenvalue weighted by molar-refractivity contribution is 6.32. The molecule has 1 aliphatic rings. The van der Waals surface area contributed by atoms with Gasteiger partial charge in [0.25, 0.3) is 0 Å². The molecule has 0 spiro atoms. The fourth-order valence-corrected chi connectivity index (χ4v) is 2.72. The molecule has 2 rings (SSSR count). The number of ether oxygens (including phenoxy) is 1. The third kappa shape index (κ3) is 3.73. The predicted octanol–water partition coefficient (Wildman–Crippen LogP) is 1.07. The number of benzene rings is 1. The van der Waals surface area contributed by atoms with Gasteiger partial charge in [-0.2, -0.15) is 0 Å². The lowest BCUT2D eigenvalue weighted by Gasteiger charge is -2.18. The monoisotopic (exact) mass is 340 g/mol. The molecule has 23 heavy (non-hydrogen) atoms. The van der Waals surface area contributed by atoms with Crippen molar-refractivity contribution in [1.29, 1.82) is 0 Å². The van der Waals surface area contributed by atoms with Gasteiger partial charge in [-0.05, 0) is 17.7 Å². The van der Waals surface area contributed by atoms with Crippen LogP contribution in [0, 0.1) is 5.92 Å². The zero-order valence-corrected chi connectivity index (χ0v) is 13.5. The first-order valence-electron chi connectivity index (χ1n) is 6.94. The Morgan fingerprint density at radius 3 is 2.65 bits per heavy atom. The Hall–Kier alpha value is -2.28. The van der Waals surface area contributed by atoms with Crippen LogP contribution in [0.3, 0.4) is 0 Å². The zero-order valence-electron chi connectivity index (χ0n) is 12.7. The van der Waals surface area contributed by atoms with Gasteiger partial charge in [-0.25, -0.2) is 4.79 Å². The summed E-state index contributed by atoms with van der Waals surface area (Å²) in [6, 6.07) is 3.25. The van der Waals surface area contributed by atoms with E-state index in [9.17, 15) is 19.5 Å². The molecular formula is C15H17ClN2O5. The van der Waals surface area contributed by atoms with Crippen molar-refractivity contribution < 1.29 is 24.2 Å². The molecule has 2 N–H and O–H groups in total. The maximum atomic E-state index is 12.2. The Morgan fingerprint density at radius 1 is 1.48 bits per heavy atom. The van der Waals surface area contributed by atoms with Crippen LogP contribution in [-0.2, 0) is 14.4 Å². The molecule has 0 bridgehead atoms. The molecule has 2 atom stereocenters. The van der Waals surface area contributed by atoms with Crippen LogP contribution in [0.2, 0.25) is 5.02 Å². The number of carbonyl (C=O) groups excluding carboxylic acids is 2. The van der Waals surface area contributed by atoms with E-state index < -0.39 is 23.8 Å². The molecule has 2 amide bonds. The molecule has 1 heterocycles. The van der Waals surface area contributed by atoms with E-state index in [1.54, 1.807) is 7.05 Å². The number of carboxylic acid groups (broad SMARTS) is 1. The minimum atomic E-state index is -1.24. The number of amides is 2. The lowest BCUT2D eigenvalue weighted by molar-refractivity contribution is -0.142. The van der Waals surface area contributed by atoms with Crippen molar-refractivity contribution in [2.45, 2.75) is 12.5 Å². The Kier molecular flexibility index (Phi) is 5.10. The molecule has 1 saturated heterocycles. The quantitative estimate of drug-likeness (QED) is 0.835. The van der Waals surface area contributed by atoms with Crippen molar-refractivity contribution in [2.75, 3.05) is 20.7 Å². The number of carboxylic acids is 1. The highest BCUT2D eigenvalue weighted by Crippen LogP contribution is 2.28. The predicted molar refractivity (Wildman–Crippen MR) is 82.3 cm³/mol. The molecule has 8 heteroatoms. The summed E-state index contributed by atoms with van der Waals surface area (Å²) in [6.45, 7) is 0.278. The third-order valence-electron chi connectivity index (χ3n) is 3.75. The van der Waals surface area contributed by atoms with Crippen LogP contribution < -0.4 is 10.1 Å². The molecule has 124 valence electrons. The van der Waals surface area contributed by atoms with Crippen molar-refractivity contribution >= 4 is 29.4 Å². The fourth-order valence-electron chi connectivity index (χ4n) is 2.45. The van der Waals surface area contributed by atoms with Crippen molar-refractivity contribution in [3.05, 3.63) is 28.8 Å². The maximum absolute atomic E-state index is 12.2. The van der Waals surface area contributed by atoms with Crippen LogP contribution in [0.4, 0.5) is 0 Å². The molecule has 1 fully saturated rings. The smallest absolute Gasteiger partial charge is 0.330 e. The number of carbonyl (C=O) groups is 3. The van der Waals surface area contributed by atoms with E-state index >= 15 is 0 Å². The molecular weight excluding hydrogens is 324 g/mol. The molecule has 1 aliphatic heterocycles. The molecule has 1 aromatic carbocycles. The summed E-state index contributed by atoms with van der Waals surface area (Å²) >= 11 is 6.00. The van der Waals surface area contributed by atoms with E-state index in [-0.39, 0.29) is 23.9 Å². The van der Waals surface area contributed by atoms with Crippen molar-refractivity contribution in [3.8, 4) is 5.75 Å². The number of likely N-dealkylation sites (tertiary alicyclic amines) is 1. The van der Waals surface area contributed by atoms with Crippen LogP contribution in [0.5, 0.6) is 5.75 Å². The number of hydrogen-bond donors (Lipinski definition) is 2. The number of rotatable bonds is 5. The summed E-state index contributed by atoms with van der Waals surface area (Å²) in [5.41, 5.74) is 0.328. The Bertz CT molecular complexity index is 649. The number of aliphatic carboxylic acids is 1. The molecule has 7 nitrogen and oxygen atoms in total. The summed E-state index contributed by atoms with van der Waals surface area (Å²) in [6.07, 6.45) is 0.0814. The van der Waals surface area contributed by atoms with Gasteiger partial charge < -0.3 is 20.1 Å². The number of halogens is 1. The molecule has 1 aromatic rings. The van der Waals surface area contributed by atoms with Gasteiger partial charge in [-0.3, -0.25) is 9.59 Å². The number of hydrogen-bond acceptors (Lipinski definition) is 4. The van der Waals surface area contributed by atoms with Gasteiger partial charge in [0.1, 0.15) is 5.75 Å². The van der Waals surface area contributed by atoms with Crippen LogP contribution in [0.15, 0.2) is 18.2 Å². The van der Waals surface area contributed by atoms with E-state index in [1.165, 1.54) is 30.2 Å². The number of nitrogens with zero attached hydrogens (tertiary/aromatic N) is 1. The van der Waals surface area contributed by atoms with E-state index in [1.807, 2.05) is 0 Å². The third-order valence-corrected chi connectivity index (χ3v) is 4.05. The minimum absolute atomic E-state index is 0.0814. The Labute approximate surface area is 138 Å². The Morgan fingerprint density at radius 2 is 2.17 bits per heavy atom. The van der Waals surface area contributed by atoms with Gasteiger partial charge in [0, 0.05) is 20.0 Å². The number of nitrogens with one attached hydrogen (secondary N) is 1. The van der Waals surface area contributed by atoms with Gasteiger partial charge in [-0.1, -0.05) is 17.7 Å². The van der Waals surface area contributed by atoms with E-state index in [4.69, 9.17) is 16.3 Å². The first kappa shape index (κ1) is 17.1. The molecule has 0 aromatic heterocycles. The van der Waals surface area contributed by atoms with Gasteiger partial charge in [0.05, 0.1) is 18.1 Å². The Balaban J connectivity index is 2.16. The number of methoxy groups -OCH3 is 1. The summed E-state index contributed by atoms with van der Waals surface area (Å²) in [4.78, 5) is 36.6. The SMILES string of the molecule is COc1ccc(C(NC(=O)C2CC(=O)N(C)C2)C(=O)O)cc1Cl. The fraction of sp³-hybridized carbons (Fsp3) is 0.400.